The number of carbonyl (C=O) groups is 1. The summed E-state index contributed by atoms with van der Waals surface area (Å²) < 4.78 is 0. The smallest absolute Gasteiger partial charge is 0.181 e. The minimum absolute atomic E-state index is 0.121. The topological polar surface area (TPSA) is 17.1 Å². The van der Waals surface area contributed by atoms with Crippen LogP contribution in [0.4, 0.5) is 0 Å². The van der Waals surface area contributed by atoms with Gasteiger partial charge in [-0.25, -0.2) is 0 Å². The predicted molar refractivity (Wildman–Crippen MR) is 60.5 cm³/mol. The van der Waals surface area contributed by atoms with Gasteiger partial charge in [0.15, 0.2) is 5.52 Å². The second-order valence-corrected chi connectivity index (χ2v) is 4.30. The third-order valence-electron chi connectivity index (χ3n) is 1.36. The van der Waals surface area contributed by atoms with Crippen molar-refractivity contribution in [2.75, 3.05) is 0 Å². The summed E-state index contributed by atoms with van der Waals surface area (Å²) in [4.78, 5) is 11.1. The van der Waals surface area contributed by atoms with Crippen LogP contribution in [-0.4, -0.2) is 5.52 Å². The average molecular weight is 276 g/mol. The number of hydrogen-bond acceptors (Lipinski definition) is 1. The van der Waals surface area contributed by atoms with Crippen molar-refractivity contribution in [2.45, 2.75) is 0 Å². The number of benzene rings is 1. The molecule has 13 heavy (non-hydrogen) atoms. The fourth-order valence-corrected chi connectivity index (χ4v) is 2.26. The minimum Gasteiger partial charge on any atom is -0.290 e. The van der Waals surface area contributed by atoms with Crippen LogP contribution < -0.4 is 0 Å². The van der Waals surface area contributed by atoms with Crippen molar-refractivity contribution in [1.82, 2.24) is 0 Å². The molecular weight excluding hydrogens is 273 g/mol. The summed E-state index contributed by atoms with van der Waals surface area (Å²) in [5, 5.41) is 0.663. The maximum atomic E-state index is 11.1. The summed E-state index contributed by atoms with van der Waals surface area (Å²) in [6, 6.07) is 1.39. The molecule has 0 aliphatic heterocycles. The van der Waals surface area contributed by atoms with Gasteiger partial charge in [-0.15, -0.1) is 0 Å². The van der Waals surface area contributed by atoms with Crippen LogP contribution in [0.15, 0.2) is 6.07 Å². The van der Waals surface area contributed by atoms with E-state index < -0.39 is 0 Å². The van der Waals surface area contributed by atoms with E-state index in [0.29, 0.717) is 0 Å². The summed E-state index contributed by atoms with van der Waals surface area (Å²) in [7, 11) is 1.96. The Balaban J connectivity index is 3.56. The first-order chi connectivity index (χ1) is 5.95. The SMILES string of the molecule is O=C(P)c1c(Cl)c(Cl)cc(Cl)c1Cl. The molecule has 1 rings (SSSR count). The van der Waals surface area contributed by atoms with E-state index in [2.05, 4.69) is 0 Å². The highest BCUT2D eigenvalue weighted by atomic mass is 35.5. The zero-order chi connectivity index (χ0) is 10.2. The monoisotopic (exact) mass is 274 g/mol. The Kier molecular flexibility index (Phi) is 3.85. The number of hydrogen-bond donors (Lipinski definition) is 0. The molecule has 70 valence electrons. The van der Waals surface area contributed by atoms with E-state index in [0.717, 1.165) is 0 Å². The van der Waals surface area contributed by atoms with Crippen molar-refractivity contribution in [2.24, 2.45) is 0 Å². The van der Waals surface area contributed by atoms with Gasteiger partial charge in [-0.1, -0.05) is 55.6 Å². The average Bonchev–Trinajstić information content (AvgIpc) is 2.01. The zero-order valence-electron chi connectivity index (χ0n) is 6.07. The van der Waals surface area contributed by atoms with Gasteiger partial charge in [0.2, 0.25) is 0 Å². The van der Waals surface area contributed by atoms with Gasteiger partial charge in [0.25, 0.3) is 0 Å². The molecule has 0 aromatic heterocycles. The fraction of sp³-hybridized carbons (Fsp3) is 0. The van der Waals surface area contributed by atoms with E-state index in [-0.39, 0.29) is 31.2 Å². The van der Waals surface area contributed by atoms with Crippen LogP contribution in [0.2, 0.25) is 20.1 Å². The Morgan fingerprint density at radius 3 is 1.77 bits per heavy atom. The number of rotatable bonds is 1. The second-order valence-electron chi connectivity index (χ2n) is 2.21. The van der Waals surface area contributed by atoms with Gasteiger partial charge in [0.05, 0.1) is 25.7 Å². The van der Waals surface area contributed by atoms with E-state index in [1.165, 1.54) is 6.07 Å². The first-order valence-corrected chi connectivity index (χ1v) is 5.17. The molecule has 0 heterocycles. The maximum absolute atomic E-state index is 11.1. The van der Waals surface area contributed by atoms with E-state index in [4.69, 9.17) is 46.4 Å². The van der Waals surface area contributed by atoms with Gasteiger partial charge < -0.3 is 0 Å². The third-order valence-corrected chi connectivity index (χ3v) is 3.22. The molecule has 0 aliphatic rings. The molecule has 0 saturated heterocycles. The quantitative estimate of drug-likeness (QED) is 0.551. The van der Waals surface area contributed by atoms with Crippen molar-refractivity contribution in [3.63, 3.8) is 0 Å². The second kappa shape index (κ2) is 4.33. The molecule has 1 atom stereocenters. The summed E-state index contributed by atoms with van der Waals surface area (Å²) in [6.07, 6.45) is 0. The van der Waals surface area contributed by atoms with E-state index in [1.54, 1.807) is 0 Å². The molecule has 1 unspecified atom stereocenters. The Morgan fingerprint density at radius 1 is 1.08 bits per heavy atom. The maximum Gasteiger partial charge on any atom is 0.181 e. The minimum atomic E-state index is -0.348. The van der Waals surface area contributed by atoms with Crippen LogP contribution in [0, 0.1) is 0 Å². The lowest BCUT2D eigenvalue weighted by molar-refractivity contribution is 0.108. The van der Waals surface area contributed by atoms with Crippen LogP contribution in [0.1, 0.15) is 10.4 Å². The highest BCUT2D eigenvalue weighted by Crippen LogP contribution is 2.37. The molecule has 1 aromatic carbocycles. The van der Waals surface area contributed by atoms with Crippen molar-refractivity contribution >= 4 is 61.2 Å². The molecule has 0 bridgehead atoms. The standard InChI is InChI=1S/C7H3Cl4OP/c8-2-1-3(9)6(11)4(5(2)10)7(12)13/h1H,13H2. The van der Waals surface area contributed by atoms with Crippen molar-refractivity contribution < 1.29 is 4.79 Å². The molecule has 0 saturated carbocycles. The number of carbonyl (C=O) groups excluding carboxylic acids is 1. The summed E-state index contributed by atoms with van der Waals surface area (Å²) in [5.74, 6) is 0. The molecule has 0 N–H and O–H groups in total. The molecule has 0 fully saturated rings. The van der Waals surface area contributed by atoms with Gasteiger partial charge in [-0.2, -0.15) is 0 Å². The van der Waals surface area contributed by atoms with Gasteiger partial charge in [-0.3, -0.25) is 4.79 Å². The summed E-state index contributed by atoms with van der Waals surface area (Å²) >= 11 is 22.9. The Labute approximate surface area is 97.5 Å². The lowest BCUT2D eigenvalue weighted by Crippen LogP contribution is -1.92. The van der Waals surface area contributed by atoms with E-state index >= 15 is 0 Å². The van der Waals surface area contributed by atoms with Gasteiger partial charge >= 0.3 is 0 Å². The molecule has 0 radical (unpaired) electrons. The van der Waals surface area contributed by atoms with Crippen LogP contribution >= 0.6 is 55.6 Å². The normalized spacial score (nSPS) is 10.2. The highest BCUT2D eigenvalue weighted by molar-refractivity contribution is 7.41. The largest absolute Gasteiger partial charge is 0.290 e. The third kappa shape index (κ3) is 2.29. The lowest BCUT2D eigenvalue weighted by atomic mass is 10.2. The van der Waals surface area contributed by atoms with Gasteiger partial charge in [-0.05, 0) is 6.07 Å². The summed E-state index contributed by atoms with van der Waals surface area (Å²) in [6.45, 7) is 0. The Morgan fingerprint density at radius 2 is 1.46 bits per heavy atom. The molecule has 0 spiro atoms. The summed E-state index contributed by atoms with van der Waals surface area (Å²) in [5.41, 5.74) is -0.217. The van der Waals surface area contributed by atoms with Gasteiger partial charge in [0.1, 0.15) is 0 Å². The van der Waals surface area contributed by atoms with Crippen molar-refractivity contribution in [3.8, 4) is 0 Å². The first-order valence-electron chi connectivity index (χ1n) is 3.08. The van der Waals surface area contributed by atoms with Crippen LogP contribution in [0.3, 0.4) is 0 Å². The predicted octanol–water partition coefficient (Wildman–Crippen LogP) is 4.32. The van der Waals surface area contributed by atoms with Crippen LogP contribution in [0.5, 0.6) is 0 Å². The zero-order valence-corrected chi connectivity index (χ0v) is 10.3. The van der Waals surface area contributed by atoms with E-state index in [9.17, 15) is 4.79 Å². The first kappa shape index (κ1) is 11.6. The van der Waals surface area contributed by atoms with Crippen LogP contribution in [-0.2, 0) is 0 Å². The molecule has 0 aliphatic carbocycles. The Bertz CT molecular complexity index is 351. The van der Waals surface area contributed by atoms with E-state index in [1.807, 2.05) is 9.24 Å². The van der Waals surface area contributed by atoms with Crippen LogP contribution in [0.25, 0.3) is 0 Å². The fourth-order valence-electron chi connectivity index (χ4n) is 0.789. The molecule has 1 nitrogen and oxygen atoms in total. The highest BCUT2D eigenvalue weighted by Gasteiger charge is 2.16. The van der Waals surface area contributed by atoms with Crippen molar-refractivity contribution in [1.29, 1.82) is 0 Å². The van der Waals surface area contributed by atoms with Gasteiger partial charge in [0, 0.05) is 0 Å². The Hall–Kier alpha value is 0.480. The molecular formula is C7H3Cl4OP. The molecule has 0 amide bonds. The number of halogens is 4. The molecule has 6 heteroatoms. The van der Waals surface area contributed by atoms with Crippen molar-refractivity contribution in [3.05, 3.63) is 31.7 Å². The lowest BCUT2D eigenvalue weighted by Gasteiger charge is -2.06. The molecule has 1 aromatic rings.